The molecule has 30 heavy (non-hydrogen) atoms. The Balaban J connectivity index is 1.59. The molecule has 10 heteroatoms. The van der Waals surface area contributed by atoms with Gasteiger partial charge in [0.2, 0.25) is 0 Å². The second-order valence-corrected chi connectivity index (χ2v) is 7.63. The summed E-state index contributed by atoms with van der Waals surface area (Å²) in [6.07, 6.45) is 4.65. The Labute approximate surface area is 175 Å². The highest BCUT2D eigenvalue weighted by Crippen LogP contribution is 2.33. The molecule has 0 amide bonds. The first-order valence-corrected chi connectivity index (χ1v) is 10.1. The molecule has 0 bridgehead atoms. The highest BCUT2D eigenvalue weighted by atomic mass is 32.2. The topological polar surface area (TPSA) is 60.6 Å². The minimum atomic E-state index is -4.45. The second kappa shape index (κ2) is 8.02. The van der Waals surface area contributed by atoms with E-state index in [0.29, 0.717) is 5.69 Å². The van der Waals surface area contributed by atoms with E-state index < -0.39 is 11.7 Å². The van der Waals surface area contributed by atoms with Crippen LogP contribution >= 0.6 is 11.9 Å². The average Bonchev–Trinajstić information content (AvgIpc) is 3.34. The summed E-state index contributed by atoms with van der Waals surface area (Å²) in [6, 6.07) is 5.19. The van der Waals surface area contributed by atoms with E-state index in [-0.39, 0.29) is 5.69 Å². The Kier molecular flexibility index (Phi) is 5.42. The van der Waals surface area contributed by atoms with Crippen molar-refractivity contribution in [3.8, 4) is 5.69 Å². The molecule has 1 aromatic carbocycles. The lowest BCUT2D eigenvalue weighted by Gasteiger charge is -2.11. The van der Waals surface area contributed by atoms with Gasteiger partial charge in [-0.2, -0.15) is 23.4 Å². The van der Waals surface area contributed by atoms with Crippen LogP contribution in [0.15, 0.2) is 54.1 Å². The minimum Gasteiger partial charge on any atom is -0.323 e. The normalized spacial score (nSPS) is 11.9. The number of pyridine rings is 1. The zero-order valence-corrected chi connectivity index (χ0v) is 17.1. The SMILES string of the molecule is CCCc1ccc2cnn(C)c2c1SNc1cnn(-c2cncc(C(F)(F)F)c2)c1. The fraction of sp³-hybridized carbons (Fsp3) is 0.250. The minimum absolute atomic E-state index is 0.239. The average molecular weight is 432 g/mol. The molecule has 0 aliphatic carbocycles. The molecule has 3 heterocycles. The number of rotatable bonds is 6. The Bertz CT molecular complexity index is 1180. The van der Waals surface area contributed by atoms with Crippen LogP contribution in [-0.2, 0) is 19.6 Å². The van der Waals surface area contributed by atoms with Crippen LogP contribution in [0.25, 0.3) is 16.6 Å². The maximum absolute atomic E-state index is 12.9. The molecule has 0 spiro atoms. The van der Waals surface area contributed by atoms with Crippen molar-refractivity contribution in [1.29, 1.82) is 0 Å². The Morgan fingerprint density at radius 2 is 1.93 bits per heavy atom. The standard InChI is InChI=1S/C20H19F3N6S/c1-3-4-13-5-6-14-8-25-28(2)18(14)19(13)30-27-16-10-26-29(12-16)17-7-15(9-24-11-17)20(21,22)23/h5-12,27H,3-4H2,1-2H3. The number of anilines is 1. The molecule has 4 rings (SSSR count). The summed E-state index contributed by atoms with van der Waals surface area (Å²) in [5.74, 6) is 0. The fourth-order valence-corrected chi connectivity index (χ4v) is 4.16. The number of aromatic nitrogens is 5. The number of hydrogen-bond acceptors (Lipinski definition) is 5. The maximum atomic E-state index is 12.9. The van der Waals surface area contributed by atoms with Crippen molar-refractivity contribution in [3.05, 3.63) is 60.3 Å². The molecule has 0 radical (unpaired) electrons. The lowest BCUT2D eigenvalue weighted by molar-refractivity contribution is -0.137. The monoisotopic (exact) mass is 432 g/mol. The van der Waals surface area contributed by atoms with Crippen molar-refractivity contribution in [2.75, 3.05) is 4.72 Å². The molecule has 0 saturated carbocycles. The van der Waals surface area contributed by atoms with Gasteiger partial charge in [-0.1, -0.05) is 25.5 Å². The number of fused-ring (bicyclic) bond motifs is 1. The molecule has 1 N–H and O–H groups in total. The predicted octanol–water partition coefficient (Wildman–Crippen LogP) is 5.24. The number of alkyl halides is 3. The molecule has 0 aliphatic heterocycles. The van der Waals surface area contributed by atoms with Gasteiger partial charge in [-0.15, -0.1) is 0 Å². The first-order chi connectivity index (χ1) is 14.4. The summed E-state index contributed by atoms with van der Waals surface area (Å²) in [7, 11) is 1.90. The quantitative estimate of drug-likeness (QED) is 0.422. The third-order valence-electron chi connectivity index (χ3n) is 4.63. The molecule has 3 aromatic heterocycles. The Morgan fingerprint density at radius 1 is 1.10 bits per heavy atom. The smallest absolute Gasteiger partial charge is 0.323 e. The van der Waals surface area contributed by atoms with Gasteiger partial charge in [-0.3, -0.25) is 9.67 Å². The van der Waals surface area contributed by atoms with Gasteiger partial charge in [0.1, 0.15) is 0 Å². The number of hydrogen-bond donors (Lipinski definition) is 1. The highest BCUT2D eigenvalue weighted by Gasteiger charge is 2.31. The molecular formula is C20H19F3N6S. The maximum Gasteiger partial charge on any atom is 0.417 e. The van der Waals surface area contributed by atoms with E-state index >= 15 is 0 Å². The lowest BCUT2D eigenvalue weighted by Crippen LogP contribution is -2.07. The summed E-state index contributed by atoms with van der Waals surface area (Å²) < 4.78 is 45.3. The van der Waals surface area contributed by atoms with Crippen molar-refractivity contribution >= 4 is 28.5 Å². The summed E-state index contributed by atoms with van der Waals surface area (Å²) in [5.41, 5.74) is 2.34. The third-order valence-corrected chi connectivity index (χ3v) is 5.62. The van der Waals surface area contributed by atoms with Gasteiger partial charge in [0.15, 0.2) is 0 Å². The molecule has 0 saturated heterocycles. The van der Waals surface area contributed by atoms with Gasteiger partial charge in [0, 0.05) is 18.6 Å². The zero-order chi connectivity index (χ0) is 21.3. The summed E-state index contributed by atoms with van der Waals surface area (Å²) in [4.78, 5) is 4.76. The van der Waals surface area contributed by atoms with Gasteiger partial charge in [0.25, 0.3) is 0 Å². The fourth-order valence-electron chi connectivity index (χ4n) is 3.19. The third kappa shape index (κ3) is 4.00. The van der Waals surface area contributed by atoms with Crippen LogP contribution in [-0.4, -0.2) is 24.5 Å². The van der Waals surface area contributed by atoms with Crippen molar-refractivity contribution < 1.29 is 13.2 Å². The van der Waals surface area contributed by atoms with Crippen LogP contribution in [0.2, 0.25) is 0 Å². The van der Waals surface area contributed by atoms with Gasteiger partial charge < -0.3 is 4.72 Å². The molecule has 0 aliphatic rings. The van der Waals surface area contributed by atoms with E-state index in [2.05, 4.69) is 39.0 Å². The van der Waals surface area contributed by atoms with E-state index in [9.17, 15) is 13.2 Å². The highest BCUT2D eigenvalue weighted by molar-refractivity contribution is 8.00. The molecule has 0 atom stereocenters. The van der Waals surface area contributed by atoms with E-state index in [0.717, 1.165) is 40.9 Å². The summed E-state index contributed by atoms with van der Waals surface area (Å²) >= 11 is 1.44. The van der Waals surface area contributed by atoms with Crippen molar-refractivity contribution in [2.45, 2.75) is 30.8 Å². The predicted molar refractivity (Wildman–Crippen MR) is 111 cm³/mol. The number of nitrogens with one attached hydrogen (secondary N) is 1. The largest absolute Gasteiger partial charge is 0.417 e. The molecule has 0 fully saturated rings. The van der Waals surface area contributed by atoms with Gasteiger partial charge in [-0.05, 0) is 30.0 Å². The van der Waals surface area contributed by atoms with Gasteiger partial charge in [0.05, 0.1) is 52.1 Å². The first-order valence-electron chi connectivity index (χ1n) is 9.30. The molecule has 6 nitrogen and oxygen atoms in total. The van der Waals surface area contributed by atoms with Crippen LogP contribution in [0.3, 0.4) is 0 Å². The van der Waals surface area contributed by atoms with Crippen LogP contribution in [0.1, 0.15) is 24.5 Å². The number of aryl methyl sites for hydroxylation is 2. The van der Waals surface area contributed by atoms with E-state index in [1.54, 1.807) is 12.4 Å². The van der Waals surface area contributed by atoms with E-state index in [1.807, 2.05) is 17.9 Å². The molecule has 0 unspecified atom stereocenters. The van der Waals surface area contributed by atoms with Gasteiger partial charge in [-0.25, -0.2) is 4.68 Å². The molecule has 4 aromatic rings. The Hall–Kier alpha value is -3.01. The number of nitrogens with zero attached hydrogens (tertiary/aromatic N) is 5. The van der Waals surface area contributed by atoms with Crippen molar-refractivity contribution in [3.63, 3.8) is 0 Å². The van der Waals surface area contributed by atoms with Gasteiger partial charge >= 0.3 is 6.18 Å². The Morgan fingerprint density at radius 3 is 2.70 bits per heavy atom. The van der Waals surface area contributed by atoms with Crippen molar-refractivity contribution in [2.24, 2.45) is 7.05 Å². The number of benzene rings is 1. The molecule has 156 valence electrons. The van der Waals surface area contributed by atoms with E-state index in [1.165, 1.54) is 28.4 Å². The summed E-state index contributed by atoms with van der Waals surface area (Å²) in [6.45, 7) is 2.13. The van der Waals surface area contributed by atoms with Crippen LogP contribution < -0.4 is 4.72 Å². The first kappa shape index (κ1) is 20.3. The van der Waals surface area contributed by atoms with Crippen LogP contribution in [0, 0.1) is 0 Å². The lowest BCUT2D eigenvalue weighted by atomic mass is 10.1. The van der Waals surface area contributed by atoms with Crippen LogP contribution in [0.5, 0.6) is 0 Å². The summed E-state index contributed by atoms with van der Waals surface area (Å²) in [5, 5.41) is 9.56. The zero-order valence-electron chi connectivity index (χ0n) is 16.3. The van der Waals surface area contributed by atoms with Crippen LogP contribution in [0.4, 0.5) is 18.9 Å². The van der Waals surface area contributed by atoms with E-state index in [4.69, 9.17) is 0 Å². The van der Waals surface area contributed by atoms with Crippen molar-refractivity contribution in [1.82, 2.24) is 24.5 Å². The number of halogens is 3. The molecular weight excluding hydrogens is 413 g/mol. The second-order valence-electron chi connectivity index (χ2n) is 6.82.